The number of benzene rings is 1. The fourth-order valence-corrected chi connectivity index (χ4v) is 3.95. The lowest BCUT2D eigenvalue weighted by Gasteiger charge is -2.35. The first-order valence-corrected chi connectivity index (χ1v) is 11.3. The summed E-state index contributed by atoms with van der Waals surface area (Å²) < 4.78 is 21.1. The Morgan fingerprint density at radius 2 is 1.83 bits per heavy atom. The second-order valence-electron chi connectivity index (χ2n) is 8.06. The van der Waals surface area contributed by atoms with Crippen LogP contribution in [0.2, 0.25) is 0 Å². The van der Waals surface area contributed by atoms with E-state index < -0.39 is 0 Å². The van der Waals surface area contributed by atoms with Gasteiger partial charge in [0.15, 0.2) is 11.5 Å². The van der Waals surface area contributed by atoms with Gasteiger partial charge in [0.1, 0.15) is 12.3 Å². The maximum atomic E-state index is 12.8. The molecule has 0 unspecified atom stereocenters. The number of fused-ring (bicyclic) bond motifs is 1. The van der Waals surface area contributed by atoms with Gasteiger partial charge in [-0.05, 0) is 25.1 Å². The summed E-state index contributed by atoms with van der Waals surface area (Å²) >= 11 is 0. The summed E-state index contributed by atoms with van der Waals surface area (Å²) in [6, 6.07) is 5.32. The van der Waals surface area contributed by atoms with Gasteiger partial charge in [-0.3, -0.25) is 9.59 Å². The van der Waals surface area contributed by atoms with Crippen molar-refractivity contribution in [2.24, 2.45) is 5.10 Å². The van der Waals surface area contributed by atoms with Gasteiger partial charge < -0.3 is 28.5 Å². The zero-order valence-electron chi connectivity index (χ0n) is 19.1. The van der Waals surface area contributed by atoms with Crippen LogP contribution in [0.25, 0.3) is 11.4 Å². The van der Waals surface area contributed by atoms with E-state index in [0.717, 1.165) is 5.01 Å². The molecule has 3 amide bonds. The molecule has 1 aromatic heterocycles. The maximum absolute atomic E-state index is 12.8. The van der Waals surface area contributed by atoms with Crippen LogP contribution in [0.3, 0.4) is 0 Å². The Morgan fingerprint density at radius 3 is 2.63 bits per heavy atom. The van der Waals surface area contributed by atoms with Crippen molar-refractivity contribution in [2.75, 3.05) is 46.1 Å². The molecule has 3 aliphatic heterocycles. The minimum Gasteiger partial charge on any atom is -0.454 e. The number of hydrogen-bond acceptors (Lipinski definition) is 10. The molecule has 3 aliphatic rings. The highest BCUT2D eigenvalue weighted by atomic mass is 16.7. The zero-order valence-corrected chi connectivity index (χ0v) is 19.1. The zero-order chi connectivity index (χ0) is 24.4. The summed E-state index contributed by atoms with van der Waals surface area (Å²) in [4.78, 5) is 44.6. The van der Waals surface area contributed by atoms with Crippen molar-refractivity contribution in [3.8, 4) is 22.9 Å². The highest BCUT2D eigenvalue weighted by Crippen LogP contribution is 2.35. The van der Waals surface area contributed by atoms with Crippen molar-refractivity contribution < 1.29 is 33.1 Å². The fourth-order valence-electron chi connectivity index (χ4n) is 3.95. The first-order chi connectivity index (χ1) is 17.0. The number of rotatable bonds is 5. The van der Waals surface area contributed by atoms with E-state index in [1.54, 1.807) is 34.9 Å². The van der Waals surface area contributed by atoms with Crippen LogP contribution in [0.15, 0.2) is 27.8 Å². The molecule has 1 aromatic carbocycles. The monoisotopic (exact) mass is 484 g/mol. The number of hydrazone groups is 1. The van der Waals surface area contributed by atoms with Crippen molar-refractivity contribution in [2.45, 2.75) is 19.8 Å². The number of aromatic nitrogens is 2. The Morgan fingerprint density at radius 1 is 1.06 bits per heavy atom. The lowest BCUT2D eigenvalue weighted by Crippen LogP contribution is -2.53. The van der Waals surface area contributed by atoms with Gasteiger partial charge in [0, 0.05) is 44.6 Å². The van der Waals surface area contributed by atoms with Gasteiger partial charge in [-0.15, -0.1) is 0 Å². The predicted molar refractivity (Wildman–Crippen MR) is 119 cm³/mol. The molecular formula is C22H24N6O7. The van der Waals surface area contributed by atoms with Gasteiger partial charge >= 0.3 is 6.09 Å². The highest BCUT2D eigenvalue weighted by Gasteiger charge is 2.30. The summed E-state index contributed by atoms with van der Waals surface area (Å²) in [7, 11) is 0. The van der Waals surface area contributed by atoms with Crippen LogP contribution >= 0.6 is 0 Å². The molecule has 1 fully saturated rings. The molecule has 2 aromatic rings. The molecule has 35 heavy (non-hydrogen) atoms. The molecule has 0 bridgehead atoms. The van der Waals surface area contributed by atoms with Crippen LogP contribution in [-0.2, 0) is 14.3 Å². The van der Waals surface area contributed by atoms with E-state index in [9.17, 15) is 14.4 Å². The molecular weight excluding hydrogens is 460 g/mol. The van der Waals surface area contributed by atoms with Crippen LogP contribution in [0.4, 0.5) is 4.79 Å². The molecule has 13 nitrogen and oxygen atoms in total. The van der Waals surface area contributed by atoms with E-state index in [1.807, 2.05) is 0 Å². The number of ether oxygens (including phenoxy) is 3. The van der Waals surface area contributed by atoms with E-state index in [2.05, 4.69) is 15.2 Å². The molecule has 4 heterocycles. The Bertz CT molecular complexity index is 1170. The maximum Gasteiger partial charge on any atom is 0.409 e. The standard InChI is InChI=1S/C22H24N6O7/c1-2-32-22(31)27-9-7-26(8-10-27)19(30)12-28-18(29)6-4-15(24-28)21-23-20(25-35-21)14-3-5-16-17(11-14)34-13-33-16/h3,5,11H,2,4,6-10,12-13H2,1H3. The Balaban J connectivity index is 1.23. The normalized spacial score (nSPS) is 17.5. The van der Waals surface area contributed by atoms with Gasteiger partial charge in [0.25, 0.3) is 5.89 Å². The number of amides is 3. The van der Waals surface area contributed by atoms with Crippen LogP contribution < -0.4 is 9.47 Å². The Kier molecular flexibility index (Phi) is 6.21. The minimum absolute atomic E-state index is 0.163. The summed E-state index contributed by atoms with van der Waals surface area (Å²) in [5.74, 6) is 1.27. The lowest BCUT2D eigenvalue weighted by molar-refractivity contribution is -0.141. The summed E-state index contributed by atoms with van der Waals surface area (Å²) in [6.45, 7) is 3.47. The number of piperazine rings is 1. The topological polar surface area (TPSA) is 140 Å². The Hall–Kier alpha value is -4.16. The van der Waals surface area contributed by atoms with Crippen LogP contribution in [-0.4, -0.2) is 94.7 Å². The van der Waals surface area contributed by atoms with Gasteiger partial charge in [0.05, 0.1) is 6.61 Å². The number of hydrogen-bond donors (Lipinski definition) is 0. The first-order valence-electron chi connectivity index (χ1n) is 11.3. The number of carbonyl (C=O) groups is 3. The smallest absolute Gasteiger partial charge is 0.409 e. The fraction of sp³-hybridized carbons (Fsp3) is 0.455. The number of carbonyl (C=O) groups excluding carboxylic acids is 3. The van der Waals surface area contributed by atoms with Gasteiger partial charge in [0.2, 0.25) is 24.4 Å². The van der Waals surface area contributed by atoms with Gasteiger partial charge in [-0.25, -0.2) is 9.80 Å². The Labute approximate surface area is 200 Å². The SMILES string of the molecule is CCOC(=O)N1CCN(C(=O)CN2N=C(c3nc(-c4ccc5c(c4)OCO5)no3)CCC2=O)CC1. The van der Waals surface area contributed by atoms with Crippen molar-refractivity contribution in [1.29, 1.82) is 0 Å². The molecule has 184 valence electrons. The van der Waals surface area contributed by atoms with E-state index in [-0.39, 0.29) is 43.6 Å². The van der Waals surface area contributed by atoms with Crippen molar-refractivity contribution >= 4 is 23.6 Å². The van der Waals surface area contributed by atoms with E-state index in [1.165, 1.54) is 0 Å². The van der Waals surface area contributed by atoms with Crippen molar-refractivity contribution in [3.05, 3.63) is 24.1 Å². The van der Waals surface area contributed by atoms with E-state index in [0.29, 0.717) is 67.8 Å². The molecule has 13 heteroatoms. The average molecular weight is 484 g/mol. The second-order valence-corrected chi connectivity index (χ2v) is 8.06. The van der Waals surface area contributed by atoms with Gasteiger partial charge in [-0.2, -0.15) is 10.1 Å². The first kappa shape index (κ1) is 22.6. The second kappa shape index (κ2) is 9.60. The average Bonchev–Trinajstić information content (AvgIpc) is 3.55. The highest BCUT2D eigenvalue weighted by molar-refractivity contribution is 6.01. The quantitative estimate of drug-likeness (QED) is 0.610. The molecule has 0 N–H and O–H groups in total. The van der Waals surface area contributed by atoms with Crippen molar-refractivity contribution in [3.63, 3.8) is 0 Å². The summed E-state index contributed by atoms with van der Waals surface area (Å²) in [5.41, 5.74) is 1.12. The third-order valence-corrected chi connectivity index (χ3v) is 5.85. The van der Waals surface area contributed by atoms with Crippen LogP contribution in [0.5, 0.6) is 11.5 Å². The molecule has 1 saturated heterocycles. The van der Waals surface area contributed by atoms with Crippen LogP contribution in [0.1, 0.15) is 25.7 Å². The number of nitrogens with zero attached hydrogens (tertiary/aromatic N) is 6. The third-order valence-electron chi connectivity index (χ3n) is 5.85. The minimum atomic E-state index is -0.389. The molecule has 0 aliphatic carbocycles. The molecule has 5 rings (SSSR count). The molecule has 0 radical (unpaired) electrons. The summed E-state index contributed by atoms with van der Waals surface area (Å²) in [5, 5.41) is 9.49. The largest absolute Gasteiger partial charge is 0.454 e. The lowest BCUT2D eigenvalue weighted by atomic mass is 10.1. The predicted octanol–water partition coefficient (Wildman–Crippen LogP) is 1.09. The molecule has 0 spiro atoms. The van der Waals surface area contributed by atoms with E-state index in [4.69, 9.17) is 18.7 Å². The van der Waals surface area contributed by atoms with Gasteiger partial charge in [-0.1, -0.05) is 5.16 Å². The molecule has 0 atom stereocenters. The third kappa shape index (κ3) is 4.74. The summed E-state index contributed by atoms with van der Waals surface area (Å²) in [6.07, 6.45) is 0.106. The van der Waals surface area contributed by atoms with E-state index >= 15 is 0 Å². The molecule has 0 saturated carbocycles. The van der Waals surface area contributed by atoms with Crippen LogP contribution in [0, 0.1) is 0 Å². The van der Waals surface area contributed by atoms with Crippen molar-refractivity contribution in [1.82, 2.24) is 24.9 Å².